The molecule has 1 fully saturated rings. The molecule has 2 aromatic rings. The Morgan fingerprint density at radius 3 is 2.19 bits per heavy atom. The highest BCUT2D eigenvalue weighted by molar-refractivity contribution is 8.00. The molecule has 1 saturated carbocycles. The van der Waals surface area contributed by atoms with Crippen LogP contribution in [0.2, 0.25) is 0 Å². The minimum Gasteiger partial charge on any atom is -0.326 e. The Bertz CT molecular complexity index is 793. The lowest BCUT2D eigenvalue weighted by Gasteiger charge is -2.15. The first kappa shape index (κ1) is 18.5. The van der Waals surface area contributed by atoms with Gasteiger partial charge in [0.05, 0.1) is 5.25 Å². The molecule has 1 aliphatic rings. The van der Waals surface area contributed by atoms with Crippen molar-refractivity contribution in [2.45, 2.75) is 43.8 Å². The fourth-order valence-corrected chi connectivity index (χ4v) is 3.57. The van der Waals surface area contributed by atoms with Crippen LogP contribution in [-0.4, -0.2) is 17.1 Å². The zero-order valence-corrected chi connectivity index (χ0v) is 16.2. The third kappa shape index (κ3) is 4.67. The summed E-state index contributed by atoms with van der Waals surface area (Å²) in [5.41, 5.74) is 3.82. The van der Waals surface area contributed by atoms with Crippen LogP contribution >= 0.6 is 11.8 Å². The molecule has 4 nitrogen and oxygen atoms in total. The highest BCUT2D eigenvalue weighted by Gasteiger charge is 2.29. The number of nitrogens with one attached hydrogen (secondary N) is 2. The van der Waals surface area contributed by atoms with Crippen LogP contribution in [0, 0.1) is 19.8 Å². The van der Waals surface area contributed by atoms with Crippen LogP contribution in [-0.2, 0) is 9.59 Å². The normalized spacial score (nSPS) is 14.6. The van der Waals surface area contributed by atoms with Crippen molar-refractivity contribution < 1.29 is 9.59 Å². The monoisotopic (exact) mass is 368 g/mol. The molecule has 2 amide bonds. The largest absolute Gasteiger partial charge is 0.326 e. The summed E-state index contributed by atoms with van der Waals surface area (Å²) in [6.45, 7) is 5.89. The van der Waals surface area contributed by atoms with Gasteiger partial charge in [-0.1, -0.05) is 18.2 Å². The second kappa shape index (κ2) is 7.96. The molecule has 1 aliphatic carbocycles. The molecule has 1 unspecified atom stereocenters. The van der Waals surface area contributed by atoms with Gasteiger partial charge in [-0.2, -0.15) is 0 Å². The van der Waals surface area contributed by atoms with Gasteiger partial charge in [-0.3, -0.25) is 9.59 Å². The number of hydrogen-bond donors (Lipinski definition) is 2. The van der Waals surface area contributed by atoms with E-state index >= 15 is 0 Å². The van der Waals surface area contributed by atoms with Crippen molar-refractivity contribution in [2.75, 3.05) is 10.6 Å². The minimum atomic E-state index is -0.221. The molecule has 2 N–H and O–H groups in total. The van der Waals surface area contributed by atoms with E-state index in [0.29, 0.717) is 0 Å². The summed E-state index contributed by atoms with van der Waals surface area (Å²) in [4.78, 5) is 25.3. The number of hydrogen-bond acceptors (Lipinski definition) is 3. The summed E-state index contributed by atoms with van der Waals surface area (Å²) in [6.07, 6.45) is 1.99. The Morgan fingerprint density at radius 1 is 1.00 bits per heavy atom. The lowest BCUT2D eigenvalue weighted by molar-refractivity contribution is -0.117. The predicted molar refractivity (Wildman–Crippen MR) is 108 cm³/mol. The number of rotatable bonds is 6. The maximum atomic E-state index is 12.5. The van der Waals surface area contributed by atoms with Crippen molar-refractivity contribution in [1.29, 1.82) is 0 Å². The van der Waals surface area contributed by atoms with Crippen LogP contribution < -0.4 is 10.6 Å². The summed E-state index contributed by atoms with van der Waals surface area (Å²) in [6, 6.07) is 13.6. The van der Waals surface area contributed by atoms with Crippen LogP contribution in [0.3, 0.4) is 0 Å². The number of carbonyl (C=O) groups is 2. The average Bonchev–Trinajstić information content (AvgIpc) is 3.45. The van der Waals surface area contributed by atoms with E-state index in [0.717, 1.165) is 40.2 Å². The van der Waals surface area contributed by atoms with Gasteiger partial charge >= 0.3 is 0 Å². The molecule has 1 atom stereocenters. The molecule has 5 heteroatoms. The molecular formula is C21H24N2O2S. The second-order valence-corrected chi connectivity index (χ2v) is 8.22. The van der Waals surface area contributed by atoms with Gasteiger partial charge in [0.2, 0.25) is 11.8 Å². The fraction of sp³-hybridized carbons (Fsp3) is 0.333. The van der Waals surface area contributed by atoms with Crippen molar-refractivity contribution >= 4 is 35.0 Å². The lowest BCUT2D eigenvalue weighted by atomic mass is 10.1. The molecule has 3 rings (SSSR count). The van der Waals surface area contributed by atoms with Gasteiger partial charge in [-0.15, -0.1) is 11.8 Å². The molecule has 0 bridgehead atoms. The van der Waals surface area contributed by atoms with E-state index in [1.54, 1.807) is 0 Å². The zero-order chi connectivity index (χ0) is 18.7. The van der Waals surface area contributed by atoms with Crippen molar-refractivity contribution in [3.8, 4) is 0 Å². The maximum absolute atomic E-state index is 12.5. The maximum Gasteiger partial charge on any atom is 0.237 e. The molecule has 0 radical (unpaired) electrons. The van der Waals surface area contributed by atoms with E-state index in [4.69, 9.17) is 0 Å². The molecule has 0 aliphatic heterocycles. The van der Waals surface area contributed by atoms with Crippen LogP contribution in [0.4, 0.5) is 11.4 Å². The van der Waals surface area contributed by atoms with Crippen molar-refractivity contribution in [1.82, 2.24) is 0 Å². The Hall–Kier alpha value is -2.27. The number of aryl methyl sites for hydroxylation is 2. The van der Waals surface area contributed by atoms with Crippen LogP contribution in [0.1, 0.15) is 30.9 Å². The third-order valence-corrected chi connectivity index (χ3v) is 5.59. The molecule has 26 heavy (non-hydrogen) atoms. The standard InChI is InChI=1S/C21H24N2O2S/c1-13-5-4-6-14(2)19(13)23-20(24)15(3)26-18-11-9-17(10-12-18)22-21(25)16-7-8-16/h4-6,9-12,15-16H,7-8H2,1-3H3,(H,22,25)(H,23,24). The van der Waals surface area contributed by atoms with Crippen molar-refractivity contribution in [2.24, 2.45) is 5.92 Å². The predicted octanol–water partition coefficient (Wildman–Crippen LogP) is 4.77. The van der Waals surface area contributed by atoms with Gasteiger partial charge in [0.25, 0.3) is 0 Å². The third-order valence-electron chi connectivity index (χ3n) is 4.48. The molecule has 0 spiro atoms. The summed E-state index contributed by atoms with van der Waals surface area (Å²) in [5.74, 6) is 0.280. The molecule has 0 saturated heterocycles. The summed E-state index contributed by atoms with van der Waals surface area (Å²) in [7, 11) is 0. The fourth-order valence-electron chi connectivity index (χ4n) is 2.70. The second-order valence-electron chi connectivity index (χ2n) is 6.80. The molecular weight excluding hydrogens is 344 g/mol. The number of para-hydroxylation sites is 1. The first-order valence-corrected chi connectivity index (χ1v) is 9.76. The number of anilines is 2. The van der Waals surface area contributed by atoms with Gasteiger partial charge in [0, 0.05) is 22.2 Å². The first-order chi connectivity index (χ1) is 12.4. The number of thioether (sulfide) groups is 1. The van der Waals surface area contributed by atoms with Gasteiger partial charge in [0.1, 0.15) is 0 Å². The van der Waals surface area contributed by atoms with E-state index in [2.05, 4.69) is 10.6 Å². The van der Waals surface area contributed by atoms with Gasteiger partial charge in [-0.05, 0) is 69.0 Å². The van der Waals surface area contributed by atoms with Crippen LogP contribution in [0.5, 0.6) is 0 Å². The topological polar surface area (TPSA) is 58.2 Å². The van der Waals surface area contributed by atoms with E-state index in [1.807, 2.05) is 63.2 Å². The summed E-state index contributed by atoms with van der Waals surface area (Å²) in [5, 5.41) is 5.74. The zero-order valence-electron chi connectivity index (χ0n) is 15.3. The summed E-state index contributed by atoms with van der Waals surface area (Å²) < 4.78 is 0. The van der Waals surface area contributed by atoms with Crippen LogP contribution in [0.25, 0.3) is 0 Å². The van der Waals surface area contributed by atoms with Gasteiger partial charge in [0.15, 0.2) is 0 Å². The molecule has 0 aromatic heterocycles. The van der Waals surface area contributed by atoms with E-state index in [9.17, 15) is 9.59 Å². The Balaban J connectivity index is 1.57. The molecule has 0 heterocycles. The Kier molecular flexibility index (Phi) is 5.67. The first-order valence-electron chi connectivity index (χ1n) is 8.88. The average molecular weight is 369 g/mol. The highest BCUT2D eigenvalue weighted by atomic mass is 32.2. The van der Waals surface area contributed by atoms with E-state index < -0.39 is 0 Å². The number of benzene rings is 2. The number of amides is 2. The molecule has 136 valence electrons. The van der Waals surface area contributed by atoms with E-state index in [-0.39, 0.29) is 23.0 Å². The van der Waals surface area contributed by atoms with Crippen LogP contribution in [0.15, 0.2) is 47.4 Å². The quantitative estimate of drug-likeness (QED) is 0.722. The lowest BCUT2D eigenvalue weighted by Crippen LogP contribution is -2.23. The van der Waals surface area contributed by atoms with E-state index in [1.165, 1.54) is 11.8 Å². The SMILES string of the molecule is Cc1cccc(C)c1NC(=O)C(C)Sc1ccc(NC(=O)C2CC2)cc1. The van der Waals surface area contributed by atoms with Crippen molar-refractivity contribution in [3.05, 3.63) is 53.6 Å². The number of carbonyl (C=O) groups excluding carboxylic acids is 2. The summed E-state index contributed by atoms with van der Waals surface area (Å²) >= 11 is 1.50. The Labute approximate surface area is 158 Å². The molecule has 2 aromatic carbocycles. The Morgan fingerprint density at radius 2 is 1.62 bits per heavy atom. The highest BCUT2D eigenvalue weighted by Crippen LogP contribution is 2.31. The minimum absolute atomic E-state index is 0.0153. The smallest absolute Gasteiger partial charge is 0.237 e. The van der Waals surface area contributed by atoms with Gasteiger partial charge in [-0.25, -0.2) is 0 Å². The van der Waals surface area contributed by atoms with Crippen molar-refractivity contribution in [3.63, 3.8) is 0 Å². The van der Waals surface area contributed by atoms with Gasteiger partial charge < -0.3 is 10.6 Å².